The van der Waals surface area contributed by atoms with Crippen molar-refractivity contribution in [3.8, 4) is 0 Å². The number of rotatable bonds is 0. The highest BCUT2D eigenvalue weighted by Crippen LogP contribution is 2.22. The molecule has 0 saturated carbocycles. The molecule has 3 aromatic carbocycles. The Morgan fingerprint density at radius 3 is 0.389 bits per heavy atom. The van der Waals surface area contributed by atoms with Gasteiger partial charge in [0, 0.05) is 0 Å². The molecular formula is C48H72Si6. The van der Waals surface area contributed by atoms with Crippen LogP contribution in [0.1, 0.15) is 41.5 Å². The first-order valence-electron chi connectivity index (χ1n) is 20.2. The van der Waals surface area contributed by atoms with E-state index in [0.717, 1.165) is 0 Å². The Morgan fingerprint density at radius 1 is 0.204 bits per heavy atom. The van der Waals surface area contributed by atoms with Gasteiger partial charge in [0.15, 0.2) is 0 Å². The summed E-state index contributed by atoms with van der Waals surface area (Å²) in [5.74, 6) is 0. The number of hydrogen-bond acceptors (Lipinski definition) is 0. The molecule has 7 rings (SSSR count). The van der Waals surface area contributed by atoms with Gasteiger partial charge in [-0.25, -0.2) is 0 Å². The number of hydrogen-bond donors (Lipinski definition) is 0. The first kappa shape index (κ1) is 44.1. The van der Waals surface area contributed by atoms with Crippen LogP contribution in [0.3, 0.4) is 0 Å². The second kappa shape index (κ2) is 16.1. The first-order valence-corrected chi connectivity index (χ1v) is 38.6. The lowest BCUT2D eigenvalue weighted by Crippen LogP contribution is -2.45. The summed E-state index contributed by atoms with van der Waals surface area (Å²) < 4.78 is 0. The Hall–Kier alpha value is -2.60. The molecule has 54 heavy (non-hydrogen) atoms. The molecule has 0 N–H and O–H groups in total. The predicted octanol–water partition coefficient (Wildman–Crippen LogP) is 10.5. The van der Waals surface area contributed by atoms with E-state index >= 15 is 0 Å². The zero-order valence-electron chi connectivity index (χ0n) is 37.4. The molecule has 6 heteroatoms. The highest BCUT2D eigenvalue weighted by molar-refractivity contribution is 6.97. The molecule has 0 atom stereocenters. The zero-order chi connectivity index (χ0) is 40.7. The third-order valence-electron chi connectivity index (χ3n) is 12.4. The molecular weight excluding hydrogens is 745 g/mol. The number of benzene rings is 3. The highest BCUT2D eigenvalue weighted by atomic mass is 28.3. The smallest absolute Gasteiger partial charge is 0.0871 e. The molecule has 0 amide bonds. The molecule has 0 aromatic heterocycles. The van der Waals surface area contributed by atoms with Gasteiger partial charge in [-0.05, 0) is 41.5 Å². The van der Waals surface area contributed by atoms with Gasteiger partial charge in [0.05, 0.1) is 0 Å². The largest absolute Gasteiger partial charge is 0.104 e. The third kappa shape index (κ3) is 10.4. The van der Waals surface area contributed by atoms with Gasteiger partial charge in [-0.3, -0.25) is 0 Å². The SMILES string of the molecule is CC1=C[Si](C)(C)c2ccc(cc2)[Si](C)(C)C=C(C)C(C)=C[Si](C)(C)c2ccc(cc2)[Si](C)(C)C=C(C)C(C)=C[Si](C)(C)c2ccc(cc2)[Si](C)(C)C=C1C. The fourth-order valence-electron chi connectivity index (χ4n) is 8.42. The Balaban J connectivity index is 1.86. The maximum Gasteiger partial charge on any atom is 0.104 e. The summed E-state index contributed by atoms with van der Waals surface area (Å²) in [4.78, 5) is 0. The summed E-state index contributed by atoms with van der Waals surface area (Å²) in [7, 11) is -10.8. The highest BCUT2D eigenvalue weighted by Gasteiger charge is 2.29. The van der Waals surface area contributed by atoms with Gasteiger partial charge >= 0.3 is 0 Å². The average Bonchev–Trinajstić information content (AvgIpc) is 3.07. The van der Waals surface area contributed by atoms with Crippen molar-refractivity contribution in [3.05, 3.63) is 140 Å². The molecule has 288 valence electrons. The van der Waals surface area contributed by atoms with Crippen LogP contribution in [0.5, 0.6) is 0 Å². The van der Waals surface area contributed by atoms with Crippen molar-refractivity contribution in [2.75, 3.05) is 0 Å². The van der Waals surface area contributed by atoms with Crippen molar-refractivity contribution in [2.45, 2.75) is 120 Å². The summed E-state index contributed by atoms with van der Waals surface area (Å²) in [6.45, 7) is 44.1. The summed E-state index contributed by atoms with van der Waals surface area (Å²) in [6.07, 6.45) is 0. The van der Waals surface area contributed by atoms with Crippen molar-refractivity contribution in [3.63, 3.8) is 0 Å². The second-order valence-corrected chi connectivity index (χ2v) is 45.9. The van der Waals surface area contributed by atoms with Crippen LogP contribution < -0.4 is 31.1 Å². The van der Waals surface area contributed by atoms with E-state index in [-0.39, 0.29) is 0 Å². The van der Waals surface area contributed by atoms with Gasteiger partial charge in [-0.2, -0.15) is 0 Å². The lowest BCUT2D eigenvalue weighted by atomic mass is 10.2. The molecule has 4 aliphatic rings. The van der Waals surface area contributed by atoms with Gasteiger partial charge in [0.25, 0.3) is 0 Å². The maximum atomic E-state index is 2.63. The van der Waals surface area contributed by atoms with E-state index in [1.54, 1.807) is 0 Å². The molecule has 0 fully saturated rings. The maximum absolute atomic E-state index is 2.63. The van der Waals surface area contributed by atoms with Crippen LogP contribution in [0.2, 0.25) is 78.6 Å². The molecule has 0 spiro atoms. The summed E-state index contributed by atoms with van der Waals surface area (Å²) >= 11 is 0. The van der Waals surface area contributed by atoms with Crippen LogP contribution in [-0.4, -0.2) is 48.4 Å². The van der Waals surface area contributed by atoms with Crippen LogP contribution in [0.25, 0.3) is 0 Å². The van der Waals surface area contributed by atoms with Gasteiger partial charge in [0.2, 0.25) is 0 Å². The minimum atomic E-state index is -1.80. The van der Waals surface area contributed by atoms with E-state index in [1.807, 2.05) is 0 Å². The summed E-state index contributed by atoms with van der Waals surface area (Å²) in [6, 6.07) is 29.4. The fourth-order valence-corrected chi connectivity index (χ4v) is 23.4. The van der Waals surface area contributed by atoms with Crippen molar-refractivity contribution in [1.29, 1.82) is 0 Å². The Morgan fingerprint density at radius 2 is 0.296 bits per heavy atom. The summed E-state index contributed by atoms with van der Waals surface area (Å²) in [5.41, 5.74) is 24.4. The molecule has 4 heterocycles. The van der Waals surface area contributed by atoms with Crippen LogP contribution in [-0.2, 0) is 0 Å². The van der Waals surface area contributed by atoms with E-state index in [4.69, 9.17) is 0 Å². The van der Waals surface area contributed by atoms with E-state index in [0.29, 0.717) is 0 Å². The van der Waals surface area contributed by atoms with Gasteiger partial charge in [0.1, 0.15) is 48.4 Å². The molecule has 0 radical (unpaired) electrons. The number of fused-ring (bicyclic) bond motifs is 3. The van der Waals surface area contributed by atoms with E-state index in [9.17, 15) is 0 Å². The average molecular weight is 818 g/mol. The van der Waals surface area contributed by atoms with Gasteiger partial charge in [-0.15, -0.1) is 0 Å². The van der Waals surface area contributed by atoms with Crippen LogP contribution in [0.4, 0.5) is 0 Å². The Bertz CT molecular complexity index is 1640. The molecule has 0 saturated heterocycles. The quantitative estimate of drug-likeness (QED) is 0.198. The molecule has 3 aromatic rings. The Labute approximate surface area is 338 Å². The van der Waals surface area contributed by atoms with Gasteiger partial charge < -0.3 is 0 Å². The topological polar surface area (TPSA) is 0 Å². The summed E-state index contributed by atoms with van der Waals surface area (Å²) in [5, 5.41) is 9.07. The molecule has 0 aliphatic carbocycles. The molecule has 4 aliphatic heterocycles. The number of allylic oxidation sites excluding steroid dienone is 6. The first-order chi connectivity index (χ1) is 24.7. The Kier molecular flexibility index (Phi) is 13.2. The van der Waals surface area contributed by atoms with E-state index in [1.165, 1.54) is 64.6 Å². The van der Waals surface area contributed by atoms with Crippen molar-refractivity contribution >= 4 is 79.6 Å². The van der Waals surface area contributed by atoms with Crippen LogP contribution in [0.15, 0.2) is 140 Å². The van der Waals surface area contributed by atoms with Crippen LogP contribution in [0, 0.1) is 0 Å². The minimum Gasteiger partial charge on any atom is -0.0871 e. The lowest BCUT2D eigenvalue weighted by Gasteiger charge is -2.26. The van der Waals surface area contributed by atoms with Crippen LogP contribution >= 0.6 is 0 Å². The van der Waals surface area contributed by atoms with E-state index in [2.05, 4.69) is 227 Å². The molecule has 6 bridgehead atoms. The minimum absolute atomic E-state index is 1.44. The van der Waals surface area contributed by atoms with Gasteiger partial charge in [-0.1, -0.05) is 250 Å². The standard InChI is InChI=1S/C48H72Si6/c1-37-31-49(7,8)43-19-21-45(22-20-43)51(11,12)33-39(3)41(5)35-53(15,16)47-27-29-48(30-28-47)54(17,18)36-42(6)40(4)34-52(13,14)46-25-23-44(24-26-46)50(9,10)32-38(37)2/h19-36H,1-18H3. The lowest BCUT2D eigenvalue weighted by molar-refractivity contribution is 1.35. The van der Waals surface area contributed by atoms with Crippen molar-refractivity contribution in [2.24, 2.45) is 0 Å². The normalized spacial score (nSPS) is 21.2. The second-order valence-electron chi connectivity index (χ2n) is 20.0. The van der Waals surface area contributed by atoms with E-state index < -0.39 is 48.4 Å². The van der Waals surface area contributed by atoms with Crippen molar-refractivity contribution < 1.29 is 0 Å². The molecule has 0 nitrogen and oxygen atoms in total. The zero-order valence-corrected chi connectivity index (χ0v) is 43.4. The molecule has 0 unspecified atom stereocenters. The fraction of sp³-hybridized carbons (Fsp3) is 0.375. The van der Waals surface area contributed by atoms with Crippen molar-refractivity contribution in [1.82, 2.24) is 0 Å². The third-order valence-corrected chi connectivity index (χ3v) is 30.3. The monoisotopic (exact) mass is 816 g/mol. The predicted molar refractivity (Wildman–Crippen MR) is 265 cm³/mol.